The normalized spacial score (nSPS) is 28.6. The van der Waals surface area contributed by atoms with Gasteiger partial charge in [-0.1, -0.05) is 13.5 Å². The summed E-state index contributed by atoms with van der Waals surface area (Å²) in [6, 6.07) is 0. The summed E-state index contributed by atoms with van der Waals surface area (Å²) in [6.07, 6.45) is 2.77. The van der Waals surface area contributed by atoms with Gasteiger partial charge in [-0.3, -0.25) is 4.79 Å². The van der Waals surface area contributed by atoms with Crippen molar-refractivity contribution >= 4 is 5.78 Å². The van der Waals surface area contributed by atoms with E-state index in [0.29, 0.717) is 12.4 Å². The fourth-order valence-electron chi connectivity index (χ4n) is 1.93. The van der Waals surface area contributed by atoms with Gasteiger partial charge in [0.05, 0.1) is 12.4 Å². The lowest BCUT2D eigenvalue weighted by molar-refractivity contribution is -0.126. The lowest BCUT2D eigenvalue weighted by Gasteiger charge is -2.28. The molecule has 0 heterocycles. The van der Waals surface area contributed by atoms with E-state index in [2.05, 4.69) is 6.58 Å². The van der Waals surface area contributed by atoms with Crippen molar-refractivity contribution in [2.75, 3.05) is 6.61 Å². The van der Waals surface area contributed by atoms with Crippen molar-refractivity contribution < 1.29 is 9.53 Å². The van der Waals surface area contributed by atoms with E-state index in [-0.39, 0.29) is 11.8 Å². The zero-order valence-corrected chi connectivity index (χ0v) is 8.51. The van der Waals surface area contributed by atoms with Crippen LogP contribution in [0.5, 0.6) is 0 Å². The molecule has 2 heteroatoms. The quantitative estimate of drug-likeness (QED) is 0.627. The van der Waals surface area contributed by atoms with Crippen LogP contribution in [0.2, 0.25) is 0 Å². The van der Waals surface area contributed by atoms with Crippen LogP contribution in [0.15, 0.2) is 12.3 Å². The van der Waals surface area contributed by atoms with E-state index >= 15 is 0 Å². The van der Waals surface area contributed by atoms with Gasteiger partial charge >= 0.3 is 0 Å². The minimum Gasteiger partial charge on any atom is -0.499 e. The Morgan fingerprint density at radius 2 is 2.38 bits per heavy atom. The second kappa shape index (κ2) is 4.45. The van der Waals surface area contributed by atoms with Crippen molar-refractivity contribution in [3.05, 3.63) is 12.3 Å². The second-order valence-corrected chi connectivity index (χ2v) is 3.65. The maximum absolute atomic E-state index is 11.4. The molecule has 13 heavy (non-hydrogen) atoms. The molecule has 1 aliphatic carbocycles. The first-order valence-corrected chi connectivity index (χ1v) is 5.01. The predicted molar refractivity (Wildman–Crippen MR) is 52.3 cm³/mol. The van der Waals surface area contributed by atoms with Gasteiger partial charge in [0.2, 0.25) is 0 Å². The molecule has 0 aromatic carbocycles. The van der Waals surface area contributed by atoms with Crippen molar-refractivity contribution in [2.24, 2.45) is 11.8 Å². The Labute approximate surface area is 80.0 Å². The van der Waals surface area contributed by atoms with Crippen LogP contribution < -0.4 is 0 Å². The highest BCUT2D eigenvalue weighted by Crippen LogP contribution is 2.32. The summed E-state index contributed by atoms with van der Waals surface area (Å²) in [5, 5.41) is 0. The number of carbonyl (C=O) groups excluding carboxylic acids is 1. The van der Waals surface area contributed by atoms with Crippen LogP contribution in [0.1, 0.15) is 33.1 Å². The monoisotopic (exact) mass is 182 g/mol. The van der Waals surface area contributed by atoms with Gasteiger partial charge in [-0.25, -0.2) is 0 Å². The Hall–Kier alpha value is -0.790. The van der Waals surface area contributed by atoms with Crippen LogP contribution in [0.3, 0.4) is 0 Å². The number of ether oxygens (including phenoxy) is 1. The van der Waals surface area contributed by atoms with Crippen molar-refractivity contribution in [3.8, 4) is 0 Å². The molecule has 1 saturated carbocycles. The summed E-state index contributed by atoms with van der Waals surface area (Å²) in [5.74, 6) is 1.51. The minimum absolute atomic E-state index is 0.104. The molecular weight excluding hydrogens is 164 g/mol. The molecule has 1 rings (SSSR count). The van der Waals surface area contributed by atoms with Crippen LogP contribution in [-0.4, -0.2) is 12.4 Å². The van der Waals surface area contributed by atoms with E-state index in [1.165, 1.54) is 0 Å². The van der Waals surface area contributed by atoms with Crippen LogP contribution in [0, 0.1) is 11.8 Å². The molecule has 0 aromatic rings. The molecule has 1 fully saturated rings. The summed E-state index contributed by atoms with van der Waals surface area (Å²) in [5.41, 5.74) is 0. The Bertz CT molecular complexity index is 208. The molecule has 2 atom stereocenters. The molecule has 0 bridgehead atoms. The zero-order chi connectivity index (χ0) is 9.84. The summed E-state index contributed by atoms with van der Waals surface area (Å²) in [7, 11) is 0. The zero-order valence-electron chi connectivity index (χ0n) is 8.51. The van der Waals surface area contributed by atoms with Crippen molar-refractivity contribution in [3.63, 3.8) is 0 Å². The number of hydrogen-bond donors (Lipinski definition) is 0. The third-order valence-electron chi connectivity index (χ3n) is 2.79. The lowest BCUT2D eigenvalue weighted by atomic mass is 9.78. The summed E-state index contributed by atoms with van der Waals surface area (Å²) in [6.45, 7) is 8.46. The van der Waals surface area contributed by atoms with E-state index in [0.717, 1.165) is 25.0 Å². The molecule has 74 valence electrons. The van der Waals surface area contributed by atoms with Gasteiger partial charge in [0, 0.05) is 18.3 Å². The summed E-state index contributed by atoms with van der Waals surface area (Å²) in [4.78, 5) is 11.4. The molecule has 1 aliphatic rings. The highest BCUT2D eigenvalue weighted by Gasteiger charge is 2.30. The van der Waals surface area contributed by atoms with Gasteiger partial charge in [-0.15, -0.1) is 0 Å². The second-order valence-electron chi connectivity index (χ2n) is 3.65. The minimum atomic E-state index is 0.104. The summed E-state index contributed by atoms with van der Waals surface area (Å²) < 4.78 is 5.35. The average Bonchev–Trinajstić information content (AvgIpc) is 2.10. The van der Waals surface area contributed by atoms with E-state index in [4.69, 9.17) is 4.74 Å². The molecule has 0 aromatic heterocycles. The van der Waals surface area contributed by atoms with Crippen LogP contribution in [0.25, 0.3) is 0 Å². The number of ketones is 1. The Kier molecular flexibility index (Phi) is 3.52. The third kappa shape index (κ3) is 2.33. The standard InChI is InChI=1S/C11H18O2/c1-4-13-9(3)10-6-5-7-11(12)8(10)2/h8,10H,3-7H2,1-2H3. The van der Waals surface area contributed by atoms with E-state index in [1.54, 1.807) is 0 Å². The number of allylic oxidation sites excluding steroid dienone is 1. The van der Waals surface area contributed by atoms with Gasteiger partial charge < -0.3 is 4.74 Å². The molecule has 0 N–H and O–H groups in total. The first kappa shape index (κ1) is 10.3. The van der Waals surface area contributed by atoms with Crippen LogP contribution >= 0.6 is 0 Å². The van der Waals surface area contributed by atoms with Gasteiger partial charge in [0.15, 0.2) is 0 Å². The maximum Gasteiger partial charge on any atom is 0.136 e. The van der Waals surface area contributed by atoms with Gasteiger partial charge in [-0.2, -0.15) is 0 Å². The first-order chi connectivity index (χ1) is 6.16. The number of carbonyl (C=O) groups is 1. The lowest BCUT2D eigenvalue weighted by Crippen LogP contribution is -2.27. The summed E-state index contributed by atoms with van der Waals surface area (Å²) >= 11 is 0. The van der Waals surface area contributed by atoms with Crippen LogP contribution in [0.4, 0.5) is 0 Å². The average molecular weight is 182 g/mol. The van der Waals surface area contributed by atoms with Crippen molar-refractivity contribution in [1.29, 1.82) is 0 Å². The van der Waals surface area contributed by atoms with Gasteiger partial charge in [0.25, 0.3) is 0 Å². The highest BCUT2D eigenvalue weighted by molar-refractivity contribution is 5.81. The predicted octanol–water partition coefficient (Wildman–Crippen LogP) is 2.54. The Morgan fingerprint density at radius 3 is 3.00 bits per heavy atom. The molecule has 0 radical (unpaired) electrons. The number of rotatable bonds is 3. The maximum atomic E-state index is 11.4. The van der Waals surface area contributed by atoms with Crippen molar-refractivity contribution in [2.45, 2.75) is 33.1 Å². The Balaban J connectivity index is 2.57. The smallest absolute Gasteiger partial charge is 0.136 e. The first-order valence-electron chi connectivity index (χ1n) is 5.01. The Morgan fingerprint density at radius 1 is 1.69 bits per heavy atom. The van der Waals surface area contributed by atoms with E-state index in [9.17, 15) is 4.79 Å². The van der Waals surface area contributed by atoms with Crippen LogP contribution in [-0.2, 0) is 9.53 Å². The molecule has 0 spiro atoms. The molecule has 2 unspecified atom stereocenters. The van der Waals surface area contributed by atoms with E-state index < -0.39 is 0 Å². The fourth-order valence-corrected chi connectivity index (χ4v) is 1.93. The fraction of sp³-hybridized carbons (Fsp3) is 0.727. The molecular formula is C11H18O2. The van der Waals surface area contributed by atoms with Crippen molar-refractivity contribution in [1.82, 2.24) is 0 Å². The third-order valence-corrected chi connectivity index (χ3v) is 2.79. The molecule has 0 amide bonds. The SMILES string of the molecule is C=C(OCC)C1CCCC(=O)C1C. The molecule has 0 saturated heterocycles. The number of hydrogen-bond acceptors (Lipinski definition) is 2. The highest BCUT2D eigenvalue weighted by atomic mass is 16.5. The molecule has 2 nitrogen and oxygen atoms in total. The van der Waals surface area contributed by atoms with Gasteiger partial charge in [-0.05, 0) is 19.8 Å². The largest absolute Gasteiger partial charge is 0.499 e. The van der Waals surface area contributed by atoms with E-state index in [1.807, 2.05) is 13.8 Å². The molecule has 0 aliphatic heterocycles. The number of Topliss-reactive ketones (excluding diaryl/α,β-unsaturated/α-hetero) is 1. The topological polar surface area (TPSA) is 26.3 Å². The van der Waals surface area contributed by atoms with Gasteiger partial charge in [0.1, 0.15) is 5.78 Å².